The van der Waals surface area contributed by atoms with Crippen LogP contribution in [0.4, 0.5) is 23.2 Å². The molecule has 0 fully saturated rings. The average molecular weight is 581 g/mol. The Balaban J connectivity index is 1.66. The fourth-order valence-corrected chi connectivity index (χ4v) is 5.07. The molecule has 0 amide bonds. The first-order chi connectivity index (χ1) is 18.8. The van der Waals surface area contributed by atoms with E-state index in [1.165, 1.54) is 4.90 Å². The van der Waals surface area contributed by atoms with Crippen LogP contribution in [0, 0.1) is 5.95 Å². The van der Waals surface area contributed by atoms with Crippen molar-refractivity contribution in [2.75, 3.05) is 18.1 Å². The number of nitrogens with zero attached hydrogens (tertiary/aromatic N) is 4. The van der Waals surface area contributed by atoms with Gasteiger partial charge in [0.05, 0.1) is 24.1 Å². The molecule has 1 aliphatic heterocycles. The molecule has 214 valence electrons. The average Bonchev–Trinajstić information content (AvgIpc) is 3.23. The summed E-state index contributed by atoms with van der Waals surface area (Å²) in [5.74, 6) is -2.82. The normalized spacial score (nSPS) is 15.3. The van der Waals surface area contributed by atoms with Crippen molar-refractivity contribution in [2.24, 2.45) is 0 Å². The van der Waals surface area contributed by atoms with E-state index < -0.39 is 61.3 Å². The zero-order valence-electron chi connectivity index (χ0n) is 22.0. The predicted molar refractivity (Wildman–Crippen MR) is 140 cm³/mol. The number of hydrogen-bond donors (Lipinski definition) is 1. The molecule has 0 bridgehead atoms. The van der Waals surface area contributed by atoms with Crippen LogP contribution in [0.15, 0.2) is 47.5 Å². The van der Waals surface area contributed by atoms with Crippen LogP contribution in [0.25, 0.3) is 0 Å². The molecule has 0 aliphatic carbocycles. The molecule has 40 heavy (non-hydrogen) atoms. The maximum atomic E-state index is 14.3. The molecule has 1 unspecified atom stereocenters. The lowest BCUT2D eigenvalue weighted by molar-refractivity contribution is -0.138. The van der Waals surface area contributed by atoms with Crippen molar-refractivity contribution < 1.29 is 36.9 Å². The van der Waals surface area contributed by atoms with E-state index in [1.807, 2.05) is 0 Å². The number of pyridine rings is 1. The maximum Gasteiger partial charge on any atom is 0.423 e. The number of anilines is 1. The first kappa shape index (κ1) is 29.2. The number of hydrogen-bond acceptors (Lipinski definition) is 7. The van der Waals surface area contributed by atoms with Crippen molar-refractivity contribution in [1.82, 2.24) is 14.8 Å². The number of alkyl halides is 3. The van der Waals surface area contributed by atoms with Gasteiger partial charge in [0.15, 0.2) is 0 Å². The number of benzene rings is 1. The third-order valence-corrected chi connectivity index (χ3v) is 8.11. The summed E-state index contributed by atoms with van der Waals surface area (Å²) in [6.07, 6.45) is -3.02. The first-order valence-electron chi connectivity index (χ1n) is 12.4. The summed E-state index contributed by atoms with van der Waals surface area (Å²) < 4.78 is 68.5. The van der Waals surface area contributed by atoms with Crippen LogP contribution in [-0.4, -0.2) is 47.1 Å². The summed E-state index contributed by atoms with van der Waals surface area (Å²) in [6, 6.07) is 7.85. The van der Waals surface area contributed by atoms with Crippen molar-refractivity contribution in [2.45, 2.75) is 51.2 Å². The molecular weight excluding hydrogens is 552 g/mol. The molecule has 1 aromatic carbocycles. The summed E-state index contributed by atoms with van der Waals surface area (Å²) >= 11 is 0. The second-order valence-corrected chi connectivity index (χ2v) is 16.1. The van der Waals surface area contributed by atoms with Gasteiger partial charge in [-0.25, -0.2) is 14.5 Å². The molecule has 0 saturated carbocycles. The topological polar surface area (TPSA) is 107 Å². The number of halogens is 4. The van der Waals surface area contributed by atoms with Gasteiger partial charge in [-0.05, 0) is 17.2 Å². The Kier molecular flexibility index (Phi) is 8.30. The lowest BCUT2D eigenvalue weighted by Crippen LogP contribution is -2.36. The molecular formula is C26H28F4N4O5Si. The van der Waals surface area contributed by atoms with Crippen LogP contribution < -0.4 is 15.2 Å². The van der Waals surface area contributed by atoms with Crippen molar-refractivity contribution in [3.05, 3.63) is 81.3 Å². The number of ether oxygens (including phenoxy) is 2. The molecule has 1 aliphatic rings. The van der Waals surface area contributed by atoms with Gasteiger partial charge >= 0.3 is 12.1 Å². The number of carbonyl (C=O) groups is 1. The van der Waals surface area contributed by atoms with E-state index in [4.69, 9.17) is 14.6 Å². The number of carboxylic acid groups (broad SMARTS) is 1. The van der Waals surface area contributed by atoms with Crippen LogP contribution in [0.1, 0.15) is 33.1 Å². The molecule has 4 rings (SSSR count). The lowest BCUT2D eigenvalue weighted by Gasteiger charge is -2.29. The van der Waals surface area contributed by atoms with Gasteiger partial charge in [0.1, 0.15) is 30.2 Å². The summed E-state index contributed by atoms with van der Waals surface area (Å²) in [7, 11) is -1.44. The molecule has 3 heterocycles. The highest BCUT2D eigenvalue weighted by atomic mass is 28.3. The van der Waals surface area contributed by atoms with Crippen molar-refractivity contribution in [1.29, 1.82) is 0 Å². The number of rotatable bonds is 10. The lowest BCUT2D eigenvalue weighted by atomic mass is 10.1. The van der Waals surface area contributed by atoms with Gasteiger partial charge in [0.25, 0.3) is 5.56 Å². The van der Waals surface area contributed by atoms with E-state index in [0.717, 1.165) is 24.5 Å². The Bertz CT molecular complexity index is 1460. The van der Waals surface area contributed by atoms with Crippen LogP contribution >= 0.6 is 0 Å². The molecule has 3 aromatic rings. The number of carboxylic acids is 1. The number of aromatic carboxylic acids is 1. The minimum Gasteiger partial charge on any atom is -0.489 e. The monoisotopic (exact) mass is 580 g/mol. The van der Waals surface area contributed by atoms with Crippen LogP contribution in [0.5, 0.6) is 5.75 Å². The predicted octanol–water partition coefficient (Wildman–Crippen LogP) is 4.95. The Morgan fingerprint density at radius 3 is 2.60 bits per heavy atom. The quantitative estimate of drug-likeness (QED) is 0.156. The SMILES string of the molecule is C[Si](C)(C)CCOCn1ncc(N2Cc3ccccc3C2COc2cnc(F)c(C(=O)O)c2)c(C(F)(F)F)c1=O. The molecule has 14 heteroatoms. The van der Waals surface area contributed by atoms with Crippen LogP contribution in [0.3, 0.4) is 0 Å². The molecule has 1 N–H and O–H groups in total. The smallest absolute Gasteiger partial charge is 0.423 e. The second kappa shape index (κ2) is 11.4. The third-order valence-electron chi connectivity index (χ3n) is 6.41. The van der Waals surface area contributed by atoms with Gasteiger partial charge in [0.2, 0.25) is 5.95 Å². The largest absolute Gasteiger partial charge is 0.489 e. The second-order valence-electron chi connectivity index (χ2n) is 10.5. The van der Waals surface area contributed by atoms with Crippen molar-refractivity contribution in [3.8, 4) is 5.75 Å². The van der Waals surface area contributed by atoms with Gasteiger partial charge in [-0.3, -0.25) is 4.79 Å². The van der Waals surface area contributed by atoms with Crippen molar-refractivity contribution in [3.63, 3.8) is 0 Å². The highest BCUT2D eigenvalue weighted by molar-refractivity contribution is 6.76. The fraction of sp³-hybridized carbons (Fsp3) is 0.385. The fourth-order valence-electron chi connectivity index (χ4n) is 4.32. The van der Waals surface area contributed by atoms with Gasteiger partial charge in [0, 0.05) is 27.3 Å². The highest BCUT2D eigenvalue weighted by Gasteiger charge is 2.42. The van der Waals surface area contributed by atoms with Gasteiger partial charge < -0.3 is 19.5 Å². The Labute approximate surface area is 228 Å². The van der Waals surface area contributed by atoms with E-state index in [0.29, 0.717) is 22.4 Å². The summed E-state index contributed by atoms with van der Waals surface area (Å²) in [5, 5.41) is 13.1. The first-order valence-corrected chi connectivity index (χ1v) is 16.1. The maximum absolute atomic E-state index is 14.3. The molecule has 1 atom stereocenters. The standard InChI is InChI=1S/C26H28F4N4O5Si/c1-40(2,3)9-8-38-15-34-24(35)22(26(28,29)30)20(12-32-34)33-13-16-6-4-5-7-18(16)21(33)14-39-17-10-19(25(36)37)23(27)31-11-17/h4-7,10-12,21H,8-9,13-15H2,1-3H3,(H,36,37). The zero-order chi connectivity index (χ0) is 29.2. The van der Waals surface area contributed by atoms with Gasteiger partial charge in [-0.2, -0.15) is 22.7 Å². The molecule has 0 radical (unpaired) electrons. The van der Waals surface area contributed by atoms with Crippen LogP contribution in [-0.2, 0) is 24.2 Å². The minimum atomic E-state index is -4.99. The van der Waals surface area contributed by atoms with Crippen molar-refractivity contribution >= 4 is 19.7 Å². The molecule has 0 saturated heterocycles. The Hall–Kier alpha value is -3.78. The van der Waals surface area contributed by atoms with E-state index in [1.54, 1.807) is 24.3 Å². The Morgan fingerprint density at radius 2 is 1.93 bits per heavy atom. The minimum absolute atomic E-state index is 0.0349. The molecule has 2 aromatic heterocycles. The summed E-state index contributed by atoms with van der Waals surface area (Å²) in [5.41, 5.74) is -2.48. The third kappa shape index (κ3) is 6.50. The summed E-state index contributed by atoms with van der Waals surface area (Å²) in [4.78, 5) is 29.0. The summed E-state index contributed by atoms with van der Waals surface area (Å²) in [6.45, 7) is 6.06. The number of fused-ring (bicyclic) bond motifs is 1. The zero-order valence-corrected chi connectivity index (χ0v) is 23.0. The molecule has 0 spiro atoms. The van der Waals surface area contributed by atoms with Gasteiger partial charge in [-0.15, -0.1) is 0 Å². The van der Waals surface area contributed by atoms with E-state index in [2.05, 4.69) is 29.7 Å². The van der Waals surface area contributed by atoms with E-state index >= 15 is 0 Å². The Morgan fingerprint density at radius 1 is 1.20 bits per heavy atom. The highest BCUT2D eigenvalue weighted by Crippen LogP contribution is 2.42. The molecule has 9 nitrogen and oxygen atoms in total. The van der Waals surface area contributed by atoms with E-state index in [9.17, 15) is 27.2 Å². The van der Waals surface area contributed by atoms with Crippen LogP contribution in [0.2, 0.25) is 25.7 Å². The van der Waals surface area contributed by atoms with Gasteiger partial charge in [-0.1, -0.05) is 43.9 Å². The number of aromatic nitrogens is 3. The van der Waals surface area contributed by atoms with E-state index in [-0.39, 0.29) is 18.9 Å².